The number of hydrogen-bond acceptors (Lipinski definition) is 1. The van der Waals surface area contributed by atoms with Crippen molar-refractivity contribution in [3.8, 4) is 12.3 Å². The highest BCUT2D eigenvalue weighted by Crippen LogP contribution is 2.26. The highest BCUT2D eigenvalue weighted by molar-refractivity contribution is 4.83. The van der Waals surface area contributed by atoms with Gasteiger partial charge in [-0.1, -0.05) is 18.8 Å². The van der Waals surface area contributed by atoms with E-state index >= 15 is 0 Å². The molecule has 0 radical (unpaired) electrons. The van der Waals surface area contributed by atoms with Gasteiger partial charge in [0, 0.05) is 5.92 Å². The first-order chi connectivity index (χ1) is 5.84. The van der Waals surface area contributed by atoms with Crippen LogP contribution in [0.3, 0.4) is 0 Å². The molecule has 0 spiro atoms. The van der Waals surface area contributed by atoms with Crippen molar-refractivity contribution in [2.24, 2.45) is 5.92 Å². The summed E-state index contributed by atoms with van der Waals surface area (Å²) in [5, 5.41) is 0. The minimum atomic E-state index is -0.670. The molecule has 0 amide bonds. The van der Waals surface area contributed by atoms with Crippen molar-refractivity contribution in [2.75, 3.05) is 13.2 Å². The van der Waals surface area contributed by atoms with Crippen molar-refractivity contribution in [1.82, 2.24) is 0 Å². The maximum absolute atomic E-state index is 13.1. The summed E-state index contributed by atoms with van der Waals surface area (Å²) in [4.78, 5) is 0. The molecular formula is C10H15FO. The quantitative estimate of drug-likeness (QED) is 0.466. The maximum atomic E-state index is 13.1. The van der Waals surface area contributed by atoms with E-state index in [1.54, 1.807) is 0 Å². The third-order valence-corrected chi connectivity index (χ3v) is 2.33. The number of terminal acetylenes is 1. The standard InChI is InChI=1S/C10H15FO/c1-2-7-12-8-9-5-3-4-6-10(9)11/h1,9-10H,3-8H2. The average molecular weight is 170 g/mol. The van der Waals surface area contributed by atoms with Crippen molar-refractivity contribution in [1.29, 1.82) is 0 Å². The number of alkyl halides is 1. The van der Waals surface area contributed by atoms with Gasteiger partial charge in [-0.3, -0.25) is 0 Å². The van der Waals surface area contributed by atoms with Gasteiger partial charge in [-0.15, -0.1) is 6.42 Å². The molecule has 1 aliphatic rings. The SMILES string of the molecule is C#CCOCC1CCCCC1F. The fourth-order valence-electron chi connectivity index (χ4n) is 1.62. The molecule has 2 unspecified atom stereocenters. The van der Waals surface area contributed by atoms with Crippen molar-refractivity contribution < 1.29 is 9.13 Å². The third-order valence-electron chi connectivity index (χ3n) is 2.33. The van der Waals surface area contributed by atoms with Crippen molar-refractivity contribution in [3.63, 3.8) is 0 Å². The zero-order valence-corrected chi connectivity index (χ0v) is 7.26. The van der Waals surface area contributed by atoms with Gasteiger partial charge in [-0.05, 0) is 12.8 Å². The molecule has 68 valence electrons. The van der Waals surface area contributed by atoms with Gasteiger partial charge in [0.15, 0.2) is 0 Å². The molecule has 0 aliphatic heterocycles. The van der Waals surface area contributed by atoms with Gasteiger partial charge < -0.3 is 4.74 Å². The second kappa shape index (κ2) is 5.16. The summed E-state index contributed by atoms with van der Waals surface area (Å²) in [5.74, 6) is 2.47. The van der Waals surface area contributed by atoms with Crippen LogP contribution in [0, 0.1) is 18.3 Å². The monoisotopic (exact) mass is 170 g/mol. The summed E-state index contributed by atoms with van der Waals surface area (Å²) in [6.45, 7) is 0.800. The average Bonchev–Trinajstić information content (AvgIpc) is 2.09. The number of halogens is 1. The summed E-state index contributed by atoms with van der Waals surface area (Å²) in [6, 6.07) is 0. The topological polar surface area (TPSA) is 9.23 Å². The lowest BCUT2D eigenvalue weighted by Gasteiger charge is -2.25. The molecule has 12 heavy (non-hydrogen) atoms. The normalized spacial score (nSPS) is 29.7. The predicted octanol–water partition coefficient (Wildman–Crippen LogP) is 2.16. The maximum Gasteiger partial charge on any atom is 0.107 e. The number of hydrogen-bond donors (Lipinski definition) is 0. The van der Waals surface area contributed by atoms with Crippen LogP contribution in [-0.2, 0) is 4.74 Å². The van der Waals surface area contributed by atoms with E-state index in [2.05, 4.69) is 5.92 Å². The van der Waals surface area contributed by atoms with Crippen LogP contribution < -0.4 is 0 Å². The summed E-state index contributed by atoms with van der Waals surface area (Å²) < 4.78 is 18.3. The van der Waals surface area contributed by atoms with Crippen LogP contribution in [0.2, 0.25) is 0 Å². The predicted molar refractivity (Wildman–Crippen MR) is 46.5 cm³/mol. The molecule has 0 heterocycles. The molecule has 2 atom stereocenters. The van der Waals surface area contributed by atoms with Crippen LogP contribution in [0.15, 0.2) is 0 Å². The molecule has 0 aromatic rings. The lowest BCUT2D eigenvalue weighted by atomic mass is 9.88. The Morgan fingerprint density at radius 1 is 1.42 bits per heavy atom. The molecule has 1 rings (SSSR count). The van der Waals surface area contributed by atoms with E-state index in [0.717, 1.165) is 19.3 Å². The Morgan fingerprint density at radius 3 is 2.83 bits per heavy atom. The minimum absolute atomic E-state index is 0.0899. The highest BCUT2D eigenvalue weighted by Gasteiger charge is 2.24. The molecule has 0 N–H and O–H groups in total. The van der Waals surface area contributed by atoms with Crippen LogP contribution in [0.25, 0.3) is 0 Å². The highest BCUT2D eigenvalue weighted by atomic mass is 19.1. The fraction of sp³-hybridized carbons (Fsp3) is 0.800. The summed E-state index contributed by atoms with van der Waals surface area (Å²) in [5.41, 5.74) is 0. The lowest BCUT2D eigenvalue weighted by Crippen LogP contribution is -2.25. The second-order valence-electron chi connectivity index (χ2n) is 3.28. The molecule has 0 bridgehead atoms. The zero-order chi connectivity index (χ0) is 8.81. The molecule has 1 fully saturated rings. The summed E-state index contributed by atoms with van der Waals surface area (Å²) >= 11 is 0. The number of rotatable bonds is 3. The third kappa shape index (κ3) is 2.83. The van der Waals surface area contributed by atoms with Crippen LogP contribution >= 0.6 is 0 Å². The molecule has 0 saturated heterocycles. The number of ether oxygens (including phenoxy) is 1. The van der Waals surface area contributed by atoms with E-state index in [0.29, 0.717) is 19.6 Å². The zero-order valence-electron chi connectivity index (χ0n) is 7.26. The van der Waals surface area contributed by atoms with Gasteiger partial charge in [-0.2, -0.15) is 0 Å². The van der Waals surface area contributed by atoms with E-state index in [4.69, 9.17) is 11.2 Å². The smallest absolute Gasteiger partial charge is 0.107 e. The largest absolute Gasteiger partial charge is 0.368 e. The minimum Gasteiger partial charge on any atom is -0.368 e. The molecule has 0 aromatic heterocycles. The van der Waals surface area contributed by atoms with Gasteiger partial charge in [0.05, 0.1) is 6.61 Å². The Morgan fingerprint density at radius 2 is 2.17 bits per heavy atom. The first-order valence-corrected chi connectivity index (χ1v) is 4.50. The Labute approximate surface area is 73.3 Å². The molecule has 2 heteroatoms. The first kappa shape index (κ1) is 9.54. The molecular weight excluding hydrogens is 155 g/mol. The fourth-order valence-corrected chi connectivity index (χ4v) is 1.62. The van der Waals surface area contributed by atoms with E-state index in [9.17, 15) is 4.39 Å². The van der Waals surface area contributed by atoms with E-state index in [1.165, 1.54) is 0 Å². The van der Waals surface area contributed by atoms with Crippen LogP contribution in [-0.4, -0.2) is 19.4 Å². The van der Waals surface area contributed by atoms with Crippen molar-refractivity contribution in [3.05, 3.63) is 0 Å². The van der Waals surface area contributed by atoms with Gasteiger partial charge in [0.1, 0.15) is 12.8 Å². The van der Waals surface area contributed by atoms with Gasteiger partial charge in [-0.25, -0.2) is 4.39 Å². The Balaban J connectivity index is 2.16. The Bertz CT molecular complexity index is 162. The van der Waals surface area contributed by atoms with E-state index in [1.807, 2.05) is 0 Å². The molecule has 0 aromatic carbocycles. The Hall–Kier alpha value is -0.550. The van der Waals surface area contributed by atoms with Crippen LogP contribution in [0.4, 0.5) is 4.39 Å². The van der Waals surface area contributed by atoms with Crippen molar-refractivity contribution in [2.45, 2.75) is 31.9 Å². The lowest BCUT2D eigenvalue weighted by molar-refractivity contribution is 0.0592. The van der Waals surface area contributed by atoms with E-state index < -0.39 is 6.17 Å². The van der Waals surface area contributed by atoms with Crippen LogP contribution in [0.5, 0.6) is 0 Å². The molecule has 1 nitrogen and oxygen atoms in total. The van der Waals surface area contributed by atoms with Gasteiger partial charge >= 0.3 is 0 Å². The summed E-state index contributed by atoms with van der Waals surface area (Å²) in [6.07, 6.45) is 8.14. The molecule has 1 saturated carbocycles. The van der Waals surface area contributed by atoms with E-state index in [-0.39, 0.29) is 5.92 Å². The van der Waals surface area contributed by atoms with Crippen molar-refractivity contribution >= 4 is 0 Å². The summed E-state index contributed by atoms with van der Waals surface area (Å²) in [7, 11) is 0. The first-order valence-electron chi connectivity index (χ1n) is 4.50. The van der Waals surface area contributed by atoms with Crippen LogP contribution in [0.1, 0.15) is 25.7 Å². The Kier molecular flexibility index (Phi) is 4.10. The molecule has 1 aliphatic carbocycles. The van der Waals surface area contributed by atoms with Gasteiger partial charge in [0.2, 0.25) is 0 Å². The van der Waals surface area contributed by atoms with Gasteiger partial charge in [0.25, 0.3) is 0 Å². The second-order valence-corrected chi connectivity index (χ2v) is 3.28.